The van der Waals surface area contributed by atoms with Crippen molar-refractivity contribution >= 4 is 71.5 Å². The Morgan fingerprint density at radius 1 is 1.03 bits per heavy atom. The van der Waals surface area contributed by atoms with Crippen LogP contribution in [0.15, 0.2) is 67.1 Å². The van der Waals surface area contributed by atoms with Crippen LogP contribution in [0, 0.1) is 0 Å². The molecule has 0 aliphatic heterocycles. The number of amides is 1. The Morgan fingerprint density at radius 3 is 2.35 bits per heavy atom. The molecular weight excluding hydrogens is 655 g/mol. The first-order valence-corrected chi connectivity index (χ1v) is 12.8. The number of rotatable bonds is 9. The number of carbonyl (C=O) groups is 1. The van der Waals surface area contributed by atoms with E-state index in [4.69, 9.17) is 25.8 Å². The molecule has 10 heteroatoms. The molecule has 1 N–H and O–H groups in total. The summed E-state index contributed by atoms with van der Waals surface area (Å²) in [7, 11) is 1.55. The molecule has 6 nitrogen and oxygen atoms in total. The van der Waals surface area contributed by atoms with Gasteiger partial charge in [-0.1, -0.05) is 29.8 Å². The van der Waals surface area contributed by atoms with Crippen LogP contribution in [0.25, 0.3) is 0 Å². The SMILES string of the molecule is CCOc1cc(/C=N\NC(=O)c2cc(Br)c(OC)c(Br)c2)c(Br)cc1OCc1ccccc1Cl. The Labute approximate surface area is 228 Å². The lowest BCUT2D eigenvalue weighted by atomic mass is 10.2. The van der Waals surface area contributed by atoms with E-state index in [9.17, 15) is 4.79 Å². The van der Waals surface area contributed by atoms with Gasteiger partial charge < -0.3 is 14.2 Å². The summed E-state index contributed by atoms with van der Waals surface area (Å²) >= 11 is 16.5. The summed E-state index contributed by atoms with van der Waals surface area (Å²) in [5.41, 5.74) is 4.51. The van der Waals surface area contributed by atoms with Gasteiger partial charge in [0.25, 0.3) is 5.91 Å². The minimum atomic E-state index is -0.374. The molecule has 0 aliphatic carbocycles. The Balaban J connectivity index is 1.74. The van der Waals surface area contributed by atoms with E-state index in [1.807, 2.05) is 31.2 Å². The second-order valence-electron chi connectivity index (χ2n) is 6.81. The maximum Gasteiger partial charge on any atom is 0.271 e. The highest BCUT2D eigenvalue weighted by molar-refractivity contribution is 9.11. The zero-order valence-corrected chi connectivity index (χ0v) is 23.7. The van der Waals surface area contributed by atoms with E-state index >= 15 is 0 Å². The molecule has 0 aliphatic rings. The first kappa shape index (κ1) is 26.5. The third kappa shape index (κ3) is 6.75. The van der Waals surface area contributed by atoms with Crippen LogP contribution in [-0.2, 0) is 6.61 Å². The zero-order valence-electron chi connectivity index (χ0n) is 18.2. The van der Waals surface area contributed by atoms with Crippen molar-refractivity contribution in [2.75, 3.05) is 13.7 Å². The van der Waals surface area contributed by atoms with E-state index in [1.54, 1.807) is 31.4 Å². The quantitative estimate of drug-likeness (QED) is 0.190. The molecule has 3 aromatic carbocycles. The van der Waals surface area contributed by atoms with Crippen LogP contribution in [0.3, 0.4) is 0 Å². The zero-order chi connectivity index (χ0) is 24.7. The van der Waals surface area contributed by atoms with E-state index in [0.717, 1.165) is 10.0 Å². The Morgan fingerprint density at radius 2 is 1.71 bits per heavy atom. The lowest BCUT2D eigenvalue weighted by Gasteiger charge is -2.14. The van der Waals surface area contributed by atoms with Gasteiger partial charge in [0.1, 0.15) is 12.4 Å². The fourth-order valence-corrected chi connectivity index (χ4v) is 5.04. The highest BCUT2D eigenvalue weighted by Crippen LogP contribution is 2.35. The summed E-state index contributed by atoms with van der Waals surface area (Å²) < 4.78 is 19.0. The van der Waals surface area contributed by atoms with Crippen molar-refractivity contribution in [3.8, 4) is 17.2 Å². The molecule has 0 fully saturated rings. The van der Waals surface area contributed by atoms with Crippen LogP contribution < -0.4 is 19.6 Å². The van der Waals surface area contributed by atoms with Crippen molar-refractivity contribution in [3.05, 3.63) is 83.7 Å². The Kier molecular flexibility index (Phi) is 9.82. The molecule has 0 unspecified atom stereocenters. The fraction of sp³-hybridized carbons (Fsp3) is 0.167. The molecule has 0 bridgehead atoms. The van der Waals surface area contributed by atoms with Gasteiger partial charge in [0, 0.05) is 26.2 Å². The van der Waals surface area contributed by atoms with Crippen molar-refractivity contribution in [1.82, 2.24) is 5.43 Å². The second-order valence-corrected chi connectivity index (χ2v) is 9.78. The average Bonchev–Trinajstić information content (AvgIpc) is 2.80. The number of hydrogen-bond donors (Lipinski definition) is 1. The molecule has 0 radical (unpaired) electrons. The van der Waals surface area contributed by atoms with Gasteiger partial charge in [-0.3, -0.25) is 4.79 Å². The topological polar surface area (TPSA) is 69.2 Å². The van der Waals surface area contributed by atoms with Gasteiger partial charge in [0.15, 0.2) is 11.5 Å². The summed E-state index contributed by atoms with van der Waals surface area (Å²) in [6.07, 6.45) is 1.52. The minimum absolute atomic E-state index is 0.294. The monoisotopic (exact) mass is 672 g/mol. The molecule has 0 aromatic heterocycles. The Hall–Kier alpha value is -2.07. The number of ether oxygens (including phenoxy) is 3. The largest absolute Gasteiger partial charge is 0.494 e. The molecule has 3 aromatic rings. The van der Waals surface area contributed by atoms with Crippen LogP contribution in [0.4, 0.5) is 0 Å². The maximum absolute atomic E-state index is 12.5. The number of benzene rings is 3. The smallest absolute Gasteiger partial charge is 0.271 e. The number of hydrazone groups is 1. The van der Waals surface area contributed by atoms with E-state index in [2.05, 4.69) is 58.3 Å². The molecule has 0 saturated heterocycles. The first-order chi connectivity index (χ1) is 16.3. The predicted octanol–water partition coefficient (Wildman–Crippen LogP) is 7.38. The third-order valence-electron chi connectivity index (χ3n) is 4.54. The van der Waals surface area contributed by atoms with Crippen LogP contribution in [0.5, 0.6) is 17.2 Å². The number of halogens is 4. The molecule has 178 valence electrons. The molecule has 0 atom stereocenters. The highest BCUT2D eigenvalue weighted by atomic mass is 79.9. The van der Waals surface area contributed by atoms with Gasteiger partial charge >= 0.3 is 0 Å². The summed E-state index contributed by atoms with van der Waals surface area (Å²) in [6, 6.07) is 14.4. The molecule has 0 saturated carbocycles. The van der Waals surface area contributed by atoms with E-state index in [1.165, 1.54) is 6.21 Å². The number of methoxy groups -OCH3 is 1. The van der Waals surface area contributed by atoms with Crippen molar-refractivity contribution in [2.24, 2.45) is 5.10 Å². The van der Waals surface area contributed by atoms with Crippen LogP contribution in [-0.4, -0.2) is 25.8 Å². The number of nitrogens with zero attached hydrogens (tertiary/aromatic N) is 1. The number of nitrogens with one attached hydrogen (secondary N) is 1. The average molecular weight is 676 g/mol. The summed E-state index contributed by atoms with van der Waals surface area (Å²) in [5.74, 6) is 1.33. The lowest BCUT2D eigenvalue weighted by molar-refractivity contribution is 0.0955. The van der Waals surface area contributed by atoms with Crippen molar-refractivity contribution in [1.29, 1.82) is 0 Å². The van der Waals surface area contributed by atoms with E-state index in [0.29, 0.717) is 55.6 Å². The second kappa shape index (κ2) is 12.6. The molecule has 1 amide bonds. The van der Waals surface area contributed by atoms with Gasteiger partial charge in [0.2, 0.25) is 0 Å². The molecule has 3 rings (SSSR count). The molecule has 34 heavy (non-hydrogen) atoms. The molecular formula is C24H20Br3ClN2O4. The normalized spacial score (nSPS) is 10.9. The van der Waals surface area contributed by atoms with Gasteiger partial charge in [-0.25, -0.2) is 5.43 Å². The maximum atomic E-state index is 12.5. The summed E-state index contributed by atoms with van der Waals surface area (Å²) in [5, 5.41) is 4.72. The van der Waals surface area contributed by atoms with E-state index < -0.39 is 0 Å². The van der Waals surface area contributed by atoms with Crippen molar-refractivity contribution < 1.29 is 19.0 Å². The minimum Gasteiger partial charge on any atom is -0.494 e. The third-order valence-corrected chi connectivity index (χ3v) is 6.77. The van der Waals surface area contributed by atoms with Crippen LogP contribution >= 0.6 is 59.4 Å². The standard InChI is InChI=1S/C24H20Br3ClN2O4/c1-3-33-21-10-16(17(25)11-22(21)34-13-14-6-4-5-7-20(14)28)12-29-30-24(31)15-8-18(26)23(32-2)19(27)9-15/h4-12H,3,13H2,1-2H3,(H,30,31)/b29-12-. The summed E-state index contributed by atoms with van der Waals surface area (Å²) in [4.78, 5) is 12.5. The van der Waals surface area contributed by atoms with Gasteiger partial charge in [-0.05, 0) is 85.0 Å². The van der Waals surface area contributed by atoms with E-state index in [-0.39, 0.29) is 5.91 Å². The van der Waals surface area contributed by atoms with Crippen molar-refractivity contribution in [2.45, 2.75) is 13.5 Å². The highest BCUT2D eigenvalue weighted by Gasteiger charge is 2.14. The van der Waals surface area contributed by atoms with Gasteiger partial charge in [0.05, 0.1) is 28.9 Å². The first-order valence-electron chi connectivity index (χ1n) is 10.0. The van der Waals surface area contributed by atoms with Crippen molar-refractivity contribution in [3.63, 3.8) is 0 Å². The number of hydrogen-bond acceptors (Lipinski definition) is 5. The molecule has 0 heterocycles. The molecule has 0 spiro atoms. The van der Waals surface area contributed by atoms with Gasteiger partial charge in [-0.15, -0.1) is 0 Å². The Bertz CT molecular complexity index is 1200. The van der Waals surface area contributed by atoms with Gasteiger partial charge in [-0.2, -0.15) is 5.10 Å². The predicted molar refractivity (Wildman–Crippen MR) is 145 cm³/mol. The summed E-state index contributed by atoms with van der Waals surface area (Å²) in [6.45, 7) is 2.64. The van der Waals surface area contributed by atoms with Crippen LogP contribution in [0.1, 0.15) is 28.4 Å². The number of carbonyl (C=O) groups excluding carboxylic acids is 1. The fourth-order valence-electron chi connectivity index (χ4n) is 2.91. The van der Waals surface area contributed by atoms with Crippen LogP contribution in [0.2, 0.25) is 5.02 Å². The lowest BCUT2D eigenvalue weighted by Crippen LogP contribution is -2.17.